The Labute approximate surface area is 191 Å². The summed E-state index contributed by atoms with van der Waals surface area (Å²) in [7, 11) is 1.55. The molecular weight excluding hydrogens is 437 g/mol. The molecule has 164 valence electrons. The molecule has 3 aromatic rings. The number of rotatable bonds is 8. The summed E-state index contributed by atoms with van der Waals surface area (Å²) in [6, 6.07) is 13.8. The average Bonchev–Trinajstić information content (AvgIpc) is 2.78. The summed E-state index contributed by atoms with van der Waals surface area (Å²) in [5, 5.41) is 0.475. The normalized spacial score (nSPS) is 12.2. The van der Waals surface area contributed by atoms with Crippen LogP contribution in [-0.2, 0) is 4.79 Å². The lowest BCUT2D eigenvalue weighted by Crippen LogP contribution is -2.40. The van der Waals surface area contributed by atoms with Crippen molar-refractivity contribution >= 4 is 40.0 Å². The van der Waals surface area contributed by atoms with Crippen molar-refractivity contribution in [2.75, 3.05) is 13.7 Å². The zero-order valence-electron chi connectivity index (χ0n) is 17.7. The van der Waals surface area contributed by atoms with Crippen molar-refractivity contribution in [2.24, 2.45) is 0 Å². The van der Waals surface area contributed by atoms with Gasteiger partial charge in [-0.1, -0.05) is 60.8 Å². The number of para-hydroxylation sites is 3. The van der Waals surface area contributed by atoms with Crippen LogP contribution in [0, 0.1) is 0 Å². The Bertz CT molecular complexity index is 1130. The Kier molecular flexibility index (Phi) is 7.57. The number of alkyl halides is 2. The number of amides is 1. The lowest BCUT2D eigenvalue weighted by atomic mass is 10.1. The summed E-state index contributed by atoms with van der Waals surface area (Å²) in [6.07, 6.45) is 1.65. The highest BCUT2D eigenvalue weighted by atomic mass is 35.5. The van der Waals surface area contributed by atoms with E-state index in [2.05, 4.69) is 0 Å². The fraction of sp³-hybridized carbons (Fsp3) is 0.348. The third kappa shape index (κ3) is 4.70. The molecule has 0 aliphatic carbocycles. The van der Waals surface area contributed by atoms with Gasteiger partial charge in [0.15, 0.2) is 4.84 Å². The Balaban J connectivity index is 2.29. The van der Waals surface area contributed by atoms with Gasteiger partial charge in [-0.25, -0.2) is 4.98 Å². The molecule has 0 spiro atoms. The Hall–Kier alpha value is -2.57. The standard InChI is InChI=1S/C23H25Cl2N3O3/c1-4-5-14-27(23(30)20(24)25)15(2)21-26-17-11-7-6-10-16(17)22(29)28(21)18-12-8-9-13-19(18)31-3/h6-13,15,20H,4-5,14H2,1-3H3. The van der Waals surface area contributed by atoms with Crippen molar-refractivity contribution in [3.05, 3.63) is 64.7 Å². The topological polar surface area (TPSA) is 64.4 Å². The van der Waals surface area contributed by atoms with Gasteiger partial charge in [0.05, 0.1) is 29.7 Å². The lowest BCUT2D eigenvalue weighted by Gasteiger charge is -2.31. The van der Waals surface area contributed by atoms with Crippen LogP contribution in [-0.4, -0.2) is 38.8 Å². The summed E-state index contributed by atoms with van der Waals surface area (Å²) >= 11 is 11.9. The molecule has 1 atom stereocenters. The van der Waals surface area contributed by atoms with Gasteiger partial charge in [0.1, 0.15) is 11.6 Å². The maximum Gasteiger partial charge on any atom is 0.266 e. The molecule has 1 amide bonds. The molecule has 0 fully saturated rings. The van der Waals surface area contributed by atoms with Gasteiger partial charge in [0, 0.05) is 6.54 Å². The van der Waals surface area contributed by atoms with Crippen LogP contribution in [0.2, 0.25) is 0 Å². The molecule has 1 heterocycles. The van der Waals surface area contributed by atoms with E-state index < -0.39 is 16.8 Å². The highest BCUT2D eigenvalue weighted by Gasteiger charge is 2.29. The first-order chi connectivity index (χ1) is 14.9. The second kappa shape index (κ2) is 10.2. The number of nitrogens with zero attached hydrogens (tertiary/aromatic N) is 3. The molecule has 0 aliphatic rings. The van der Waals surface area contributed by atoms with Gasteiger partial charge in [-0.2, -0.15) is 0 Å². The number of unbranched alkanes of at least 4 members (excludes halogenated alkanes) is 1. The van der Waals surface area contributed by atoms with E-state index in [0.29, 0.717) is 34.7 Å². The summed E-state index contributed by atoms with van der Waals surface area (Å²) in [4.78, 5) is 31.5. The van der Waals surface area contributed by atoms with Crippen molar-refractivity contribution < 1.29 is 9.53 Å². The van der Waals surface area contributed by atoms with Gasteiger partial charge in [-0.3, -0.25) is 14.2 Å². The number of carbonyl (C=O) groups excluding carboxylic acids is 1. The Morgan fingerprint density at radius 2 is 1.84 bits per heavy atom. The molecule has 6 nitrogen and oxygen atoms in total. The number of halogens is 2. The number of fused-ring (bicyclic) bond motifs is 1. The molecule has 0 N–H and O–H groups in total. The van der Waals surface area contributed by atoms with E-state index in [1.165, 1.54) is 4.57 Å². The monoisotopic (exact) mass is 461 g/mol. The van der Waals surface area contributed by atoms with Gasteiger partial charge in [-0.05, 0) is 37.6 Å². The molecule has 1 aromatic heterocycles. The molecule has 0 aliphatic heterocycles. The molecule has 2 aromatic carbocycles. The first kappa shape index (κ1) is 23.1. The van der Waals surface area contributed by atoms with E-state index in [9.17, 15) is 9.59 Å². The van der Waals surface area contributed by atoms with Gasteiger partial charge in [0.2, 0.25) is 0 Å². The van der Waals surface area contributed by atoms with Crippen molar-refractivity contribution in [1.82, 2.24) is 14.5 Å². The molecule has 3 rings (SSSR count). The molecule has 0 bridgehead atoms. The van der Waals surface area contributed by atoms with Gasteiger partial charge >= 0.3 is 0 Å². The van der Waals surface area contributed by atoms with E-state index in [0.717, 1.165) is 12.8 Å². The third-order valence-electron chi connectivity index (χ3n) is 5.19. The minimum Gasteiger partial charge on any atom is -0.495 e. The second-order valence-electron chi connectivity index (χ2n) is 7.16. The summed E-state index contributed by atoms with van der Waals surface area (Å²) in [5.41, 5.74) is 0.858. The van der Waals surface area contributed by atoms with E-state index in [1.54, 1.807) is 42.3 Å². The number of carbonyl (C=O) groups is 1. The van der Waals surface area contributed by atoms with Crippen LogP contribution in [0.15, 0.2) is 53.3 Å². The first-order valence-electron chi connectivity index (χ1n) is 10.1. The number of methoxy groups -OCH3 is 1. The Morgan fingerprint density at radius 1 is 1.16 bits per heavy atom. The third-order valence-corrected chi connectivity index (χ3v) is 5.56. The van der Waals surface area contributed by atoms with Crippen molar-refractivity contribution in [3.63, 3.8) is 0 Å². The van der Waals surface area contributed by atoms with Crippen molar-refractivity contribution in [2.45, 2.75) is 37.6 Å². The minimum absolute atomic E-state index is 0.242. The zero-order chi connectivity index (χ0) is 22.5. The molecule has 0 radical (unpaired) electrons. The van der Waals surface area contributed by atoms with E-state index in [-0.39, 0.29) is 5.56 Å². The summed E-state index contributed by atoms with van der Waals surface area (Å²) in [5.74, 6) is 0.513. The number of hydrogen-bond donors (Lipinski definition) is 0. The maximum absolute atomic E-state index is 13.6. The predicted molar refractivity (Wildman–Crippen MR) is 124 cm³/mol. The Morgan fingerprint density at radius 3 is 2.52 bits per heavy atom. The molecule has 8 heteroatoms. The number of ether oxygens (including phenoxy) is 1. The highest BCUT2D eigenvalue weighted by Crippen LogP contribution is 2.28. The number of hydrogen-bond acceptors (Lipinski definition) is 4. The fourth-order valence-corrected chi connectivity index (χ4v) is 3.82. The number of aromatic nitrogens is 2. The molecule has 1 unspecified atom stereocenters. The quantitative estimate of drug-likeness (QED) is 0.448. The van der Waals surface area contributed by atoms with Crippen LogP contribution < -0.4 is 10.3 Å². The van der Waals surface area contributed by atoms with Crippen molar-refractivity contribution in [3.8, 4) is 11.4 Å². The van der Waals surface area contributed by atoms with Crippen LogP contribution in [0.3, 0.4) is 0 Å². The molecule has 0 saturated heterocycles. The van der Waals surface area contributed by atoms with Gasteiger partial charge < -0.3 is 9.64 Å². The van der Waals surface area contributed by atoms with Crippen LogP contribution in [0.25, 0.3) is 16.6 Å². The molecule has 0 saturated carbocycles. The predicted octanol–water partition coefficient (Wildman–Crippen LogP) is 4.89. The SMILES string of the molecule is CCCCN(C(=O)C(Cl)Cl)C(C)c1nc2ccccc2c(=O)n1-c1ccccc1OC. The summed E-state index contributed by atoms with van der Waals surface area (Å²) < 4.78 is 7.01. The smallest absolute Gasteiger partial charge is 0.266 e. The number of benzene rings is 2. The van der Waals surface area contributed by atoms with E-state index in [4.69, 9.17) is 32.9 Å². The van der Waals surface area contributed by atoms with E-state index in [1.807, 2.05) is 32.0 Å². The summed E-state index contributed by atoms with van der Waals surface area (Å²) in [6.45, 7) is 4.30. The zero-order valence-corrected chi connectivity index (χ0v) is 19.2. The van der Waals surface area contributed by atoms with Crippen LogP contribution in [0.1, 0.15) is 38.6 Å². The van der Waals surface area contributed by atoms with Gasteiger partial charge in [0.25, 0.3) is 11.5 Å². The minimum atomic E-state index is -1.20. The first-order valence-corrected chi connectivity index (χ1v) is 11.0. The average molecular weight is 462 g/mol. The lowest BCUT2D eigenvalue weighted by molar-refractivity contribution is -0.131. The van der Waals surface area contributed by atoms with Crippen molar-refractivity contribution in [1.29, 1.82) is 0 Å². The van der Waals surface area contributed by atoms with Crippen LogP contribution >= 0.6 is 23.2 Å². The second-order valence-corrected chi connectivity index (χ2v) is 8.26. The molecule has 31 heavy (non-hydrogen) atoms. The largest absolute Gasteiger partial charge is 0.495 e. The van der Waals surface area contributed by atoms with Gasteiger partial charge in [-0.15, -0.1) is 0 Å². The molecular formula is C23H25Cl2N3O3. The maximum atomic E-state index is 13.6. The van der Waals surface area contributed by atoms with Crippen LogP contribution in [0.4, 0.5) is 0 Å². The van der Waals surface area contributed by atoms with Crippen LogP contribution in [0.5, 0.6) is 5.75 Å². The highest BCUT2D eigenvalue weighted by molar-refractivity contribution is 6.53. The fourth-order valence-electron chi connectivity index (χ4n) is 3.57. The van der Waals surface area contributed by atoms with E-state index >= 15 is 0 Å².